The predicted molar refractivity (Wildman–Crippen MR) is 86.6 cm³/mol. The van der Waals surface area contributed by atoms with Crippen molar-refractivity contribution in [1.82, 2.24) is 10.6 Å². The number of ether oxygens (including phenoxy) is 1. The number of carbonyl (C=O) groups excluding carboxylic acids is 1. The van der Waals surface area contributed by atoms with Crippen molar-refractivity contribution in [2.75, 3.05) is 20.2 Å². The van der Waals surface area contributed by atoms with Crippen molar-refractivity contribution in [3.8, 4) is 5.75 Å². The molecule has 1 rings (SSSR count). The van der Waals surface area contributed by atoms with Gasteiger partial charge in [0.05, 0.1) is 7.11 Å². The maximum Gasteiger partial charge on any atom is 0.221 e. The van der Waals surface area contributed by atoms with Crippen molar-refractivity contribution in [3.63, 3.8) is 0 Å². The smallest absolute Gasteiger partial charge is 0.221 e. The monoisotopic (exact) mass is 292 g/mol. The first kappa shape index (κ1) is 17.5. The highest BCUT2D eigenvalue weighted by Crippen LogP contribution is 2.18. The summed E-state index contributed by atoms with van der Waals surface area (Å²) >= 11 is 0. The predicted octanol–water partition coefficient (Wildman–Crippen LogP) is 2.38. The van der Waals surface area contributed by atoms with Gasteiger partial charge in [0, 0.05) is 25.6 Å². The van der Waals surface area contributed by atoms with E-state index in [2.05, 4.69) is 37.5 Å². The molecule has 0 bridgehead atoms. The van der Waals surface area contributed by atoms with E-state index in [1.54, 1.807) is 7.11 Å². The summed E-state index contributed by atoms with van der Waals surface area (Å²) in [5.74, 6) is 1.52. The molecule has 0 fully saturated rings. The quantitative estimate of drug-likeness (QED) is 0.735. The van der Waals surface area contributed by atoms with Crippen LogP contribution in [0.15, 0.2) is 24.3 Å². The minimum absolute atomic E-state index is 0.112. The van der Waals surface area contributed by atoms with Crippen LogP contribution in [-0.2, 0) is 11.2 Å². The van der Waals surface area contributed by atoms with Crippen LogP contribution in [0.5, 0.6) is 5.75 Å². The minimum atomic E-state index is 0.112. The van der Waals surface area contributed by atoms with E-state index in [1.807, 2.05) is 18.2 Å². The molecular formula is C17H28N2O2. The van der Waals surface area contributed by atoms with Crippen molar-refractivity contribution in [1.29, 1.82) is 0 Å². The zero-order valence-electron chi connectivity index (χ0n) is 13.6. The fourth-order valence-electron chi connectivity index (χ4n) is 2.11. The van der Waals surface area contributed by atoms with Crippen molar-refractivity contribution in [2.45, 2.75) is 39.7 Å². The molecule has 118 valence electrons. The fraction of sp³-hybridized carbons (Fsp3) is 0.588. The first-order valence-electron chi connectivity index (χ1n) is 7.65. The van der Waals surface area contributed by atoms with Crippen LogP contribution in [-0.4, -0.2) is 32.1 Å². The van der Waals surface area contributed by atoms with E-state index in [9.17, 15) is 4.79 Å². The van der Waals surface area contributed by atoms with Gasteiger partial charge in [0.25, 0.3) is 0 Å². The van der Waals surface area contributed by atoms with Crippen molar-refractivity contribution in [3.05, 3.63) is 29.8 Å². The number of nitrogens with one attached hydrogen (secondary N) is 2. The number of para-hydroxylation sites is 1. The van der Waals surface area contributed by atoms with Crippen LogP contribution in [0.1, 0.15) is 32.8 Å². The molecule has 0 aromatic heterocycles. The summed E-state index contributed by atoms with van der Waals surface area (Å²) in [6.07, 6.45) is 1.40. The molecule has 0 saturated heterocycles. The molecular weight excluding hydrogens is 264 g/mol. The molecule has 0 aliphatic carbocycles. The van der Waals surface area contributed by atoms with E-state index < -0.39 is 0 Å². The summed E-state index contributed by atoms with van der Waals surface area (Å²) < 4.78 is 5.35. The van der Waals surface area contributed by atoms with Gasteiger partial charge in [0.2, 0.25) is 5.91 Å². The van der Waals surface area contributed by atoms with Gasteiger partial charge in [-0.15, -0.1) is 0 Å². The molecule has 0 spiro atoms. The van der Waals surface area contributed by atoms with Crippen molar-refractivity contribution >= 4 is 5.91 Å². The Hall–Kier alpha value is -1.55. The number of amides is 1. The summed E-state index contributed by atoms with van der Waals surface area (Å²) in [4.78, 5) is 11.6. The standard InChI is InChI=1S/C17H28N2O2/c1-13(2)12-19-17(20)9-10-18-14(3)11-15-7-5-6-8-16(15)21-4/h5-8,13-14,18H,9-12H2,1-4H3,(H,19,20). The summed E-state index contributed by atoms with van der Waals surface area (Å²) in [7, 11) is 1.69. The second kappa shape index (κ2) is 9.40. The molecule has 0 radical (unpaired) electrons. The molecule has 0 aliphatic rings. The van der Waals surface area contributed by atoms with Crippen LogP contribution in [0.2, 0.25) is 0 Å². The van der Waals surface area contributed by atoms with Crippen LogP contribution in [0.3, 0.4) is 0 Å². The second-order valence-corrected chi connectivity index (χ2v) is 5.82. The lowest BCUT2D eigenvalue weighted by molar-refractivity contribution is -0.121. The first-order chi connectivity index (χ1) is 10.0. The molecule has 1 amide bonds. The molecule has 0 aliphatic heterocycles. The van der Waals surface area contributed by atoms with Gasteiger partial charge in [-0.05, 0) is 30.9 Å². The van der Waals surface area contributed by atoms with Crippen LogP contribution in [0.25, 0.3) is 0 Å². The Kier molecular flexibility index (Phi) is 7.83. The number of rotatable bonds is 9. The number of hydrogen-bond acceptors (Lipinski definition) is 3. The third-order valence-corrected chi connectivity index (χ3v) is 3.27. The number of hydrogen-bond donors (Lipinski definition) is 2. The third-order valence-electron chi connectivity index (χ3n) is 3.27. The molecule has 1 aromatic carbocycles. The third kappa shape index (κ3) is 7.14. The van der Waals surface area contributed by atoms with Gasteiger partial charge in [0.1, 0.15) is 5.75 Å². The Morgan fingerprint density at radius 3 is 2.62 bits per heavy atom. The molecule has 1 atom stereocenters. The average molecular weight is 292 g/mol. The maximum atomic E-state index is 11.6. The topological polar surface area (TPSA) is 50.4 Å². The van der Waals surface area contributed by atoms with Crippen LogP contribution in [0.4, 0.5) is 0 Å². The van der Waals surface area contributed by atoms with Crippen molar-refractivity contribution in [2.24, 2.45) is 5.92 Å². The fourth-order valence-corrected chi connectivity index (χ4v) is 2.11. The molecule has 4 heteroatoms. The van der Waals surface area contributed by atoms with Crippen LogP contribution < -0.4 is 15.4 Å². The van der Waals surface area contributed by atoms with E-state index in [-0.39, 0.29) is 5.91 Å². The zero-order chi connectivity index (χ0) is 15.7. The molecule has 21 heavy (non-hydrogen) atoms. The van der Waals surface area contributed by atoms with Gasteiger partial charge in [-0.2, -0.15) is 0 Å². The summed E-state index contributed by atoms with van der Waals surface area (Å²) in [6, 6.07) is 8.34. The van der Waals surface area contributed by atoms with E-state index in [0.29, 0.717) is 24.9 Å². The molecule has 0 saturated carbocycles. The lowest BCUT2D eigenvalue weighted by Gasteiger charge is -2.16. The maximum absolute atomic E-state index is 11.6. The molecule has 1 unspecified atom stereocenters. The highest BCUT2D eigenvalue weighted by atomic mass is 16.5. The highest BCUT2D eigenvalue weighted by Gasteiger charge is 2.08. The number of methoxy groups -OCH3 is 1. The summed E-state index contributed by atoms with van der Waals surface area (Å²) in [6.45, 7) is 7.75. The van der Waals surface area contributed by atoms with E-state index >= 15 is 0 Å². The zero-order valence-corrected chi connectivity index (χ0v) is 13.6. The molecule has 0 heterocycles. The van der Waals surface area contributed by atoms with Gasteiger partial charge in [-0.1, -0.05) is 32.0 Å². The Balaban J connectivity index is 2.28. The SMILES string of the molecule is COc1ccccc1CC(C)NCCC(=O)NCC(C)C. The van der Waals surface area contributed by atoms with Gasteiger partial charge < -0.3 is 15.4 Å². The molecule has 2 N–H and O–H groups in total. The molecule has 1 aromatic rings. The lowest BCUT2D eigenvalue weighted by Crippen LogP contribution is -2.34. The Labute approximate surface area is 128 Å². The first-order valence-corrected chi connectivity index (χ1v) is 7.65. The summed E-state index contributed by atoms with van der Waals surface area (Å²) in [5.41, 5.74) is 1.18. The van der Waals surface area contributed by atoms with Crippen LogP contribution in [0, 0.1) is 5.92 Å². The van der Waals surface area contributed by atoms with Gasteiger partial charge in [0.15, 0.2) is 0 Å². The van der Waals surface area contributed by atoms with E-state index in [0.717, 1.165) is 18.7 Å². The summed E-state index contributed by atoms with van der Waals surface area (Å²) in [5, 5.41) is 6.31. The van der Waals surface area contributed by atoms with Gasteiger partial charge >= 0.3 is 0 Å². The number of carbonyl (C=O) groups is 1. The molecule has 4 nitrogen and oxygen atoms in total. The second-order valence-electron chi connectivity index (χ2n) is 5.82. The minimum Gasteiger partial charge on any atom is -0.496 e. The average Bonchev–Trinajstić information content (AvgIpc) is 2.45. The highest BCUT2D eigenvalue weighted by molar-refractivity contribution is 5.76. The van der Waals surface area contributed by atoms with Crippen molar-refractivity contribution < 1.29 is 9.53 Å². The van der Waals surface area contributed by atoms with E-state index in [4.69, 9.17) is 4.74 Å². The van der Waals surface area contributed by atoms with Crippen LogP contribution >= 0.6 is 0 Å². The van der Waals surface area contributed by atoms with Gasteiger partial charge in [-0.3, -0.25) is 4.79 Å². The Morgan fingerprint density at radius 2 is 1.95 bits per heavy atom. The number of benzene rings is 1. The Bertz CT molecular complexity index is 433. The lowest BCUT2D eigenvalue weighted by atomic mass is 10.1. The van der Waals surface area contributed by atoms with Gasteiger partial charge in [-0.25, -0.2) is 0 Å². The normalized spacial score (nSPS) is 12.2. The largest absolute Gasteiger partial charge is 0.496 e. The van der Waals surface area contributed by atoms with E-state index in [1.165, 1.54) is 5.56 Å². The Morgan fingerprint density at radius 1 is 1.24 bits per heavy atom.